The molecule has 0 aliphatic carbocycles. The van der Waals surface area contributed by atoms with Crippen LogP contribution in [0.1, 0.15) is 41.9 Å². The van der Waals surface area contributed by atoms with Gasteiger partial charge in [0.1, 0.15) is 17.7 Å². The topological polar surface area (TPSA) is 61.5 Å². The van der Waals surface area contributed by atoms with Crippen LogP contribution in [0.15, 0.2) is 48.5 Å². The van der Waals surface area contributed by atoms with E-state index in [2.05, 4.69) is 20.9 Å². The minimum atomic E-state index is 0.137. The number of hydrogen-bond acceptors (Lipinski definition) is 4. The monoisotopic (exact) mass is 404 g/mol. The van der Waals surface area contributed by atoms with Crippen molar-refractivity contribution in [2.45, 2.75) is 38.3 Å². The summed E-state index contributed by atoms with van der Waals surface area (Å²) in [6.45, 7) is 4.59. The lowest BCUT2D eigenvalue weighted by Gasteiger charge is -2.31. The first kappa shape index (κ1) is 19.1. The Kier molecular flexibility index (Phi) is 5.41. The molecule has 0 unspecified atom stereocenters. The van der Waals surface area contributed by atoms with Gasteiger partial charge in [-0.2, -0.15) is 0 Å². The fourth-order valence-electron chi connectivity index (χ4n) is 4.45. The predicted octanol–water partition coefficient (Wildman–Crippen LogP) is 3.84. The zero-order valence-electron chi connectivity index (χ0n) is 17.2. The Morgan fingerprint density at radius 2 is 1.73 bits per heavy atom. The van der Waals surface area contributed by atoms with Gasteiger partial charge in [-0.3, -0.25) is 9.69 Å². The summed E-state index contributed by atoms with van der Waals surface area (Å²) < 4.78 is 6.19. The highest BCUT2D eigenvalue weighted by Gasteiger charge is 2.22. The first-order chi connectivity index (χ1) is 14.7. The molecular formula is C24H28N4O2. The molecule has 3 heterocycles. The molecule has 30 heavy (non-hydrogen) atoms. The van der Waals surface area contributed by atoms with Crippen LogP contribution < -0.4 is 4.74 Å². The lowest BCUT2D eigenvalue weighted by Crippen LogP contribution is -2.38. The number of imidazole rings is 1. The molecule has 2 fully saturated rings. The van der Waals surface area contributed by atoms with Crippen molar-refractivity contribution in [1.29, 1.82) is 0 Å². The van der Waals surface area contributed by atoms with Gasteiger partial charge in [0.2, 0.25) is 0 Å². The summed E-state index contributed by atoms with van der Waals surface area (Å²) in [5.41, 5.74) is 2.87. The van der Waals surface area contributed by atoms with Crippen molar-refractivity contribution in [3.05, 3.63) is 59.9 Å². The van der Waals surface area contributed by atoms with E-state index in [1.165, 1.54) is 0 Å². The van der Waals surface area contributed by atoms with Gasteiger partial charge in [0.25, 0.3) is 5.91 Å². The Morgan fingerprint density at radius 1 is 1.00 bits per heavy atom. The number of likely N-dealkylation sites (tertiary alicyclic amines) is 2. The van der Waals surface area contributed by atoms with Gasteiger partial charge in [0, 0.05) is 31.7 Å². The van der Waals surface area contributed by atoms with Crippen LogP contribution in [-0.4, -0.2) is 58.0 Å². The average molecular weight is 405 g/mol. The zero-order valence-corrected chi connectivity index (χ0v) is 17.2. The lowest BCUT2D eigenvalue weighted by molar-refractivity contribution is 0.0792. The van der Waals surface area contributed by atoms with E-state index in [9.17, 15) is 4.79 Å². The molecule has 0 bridgehead atoms. The van der Waals surface area contributed by atoms with Gasteiger partial charge >= 0.3 is 0 Å². The van der Waals surface area contributed by atoms with E-state index in [0.29, 0.717) is 0 Å². The number of benzene rings is 2. The van der Waals surface area contributed by atoms with Crippen LogP contribution >= 0.6 is 0 Å². The van der Waals surface area contributed by atoms with Gasteiger partial charge in [-0.15, -0.1) is 0 Å². The zero-order chi connectivity index (χ0) is 20.3. The molecule has 6 nitrogen and oxygen atoms in total. The molecule has 0 saturated carbocycles. The van der Waals surface area contributed by atoms with E-state index >= 15 is 0 Å². The second kappa shape index (κ2) is 8.48. The van der Waals surface area contributed by atoms with E-state index in [4.69, 9.17) is 4.74 Å². The number of piperidine rings is 1. The molecule has 1 amide bonds. The smallest absolute Gasteiger partial charge is 0.253 e. The molecule has 1 N–H and O–H groups in total. The number of fused-ring (bicyclic) bond motifs is 1. The van der Waals surface area contributed by atoms with Crippen LogP contribution in [0, 0.1) is 0 Å². The minimum absolute atomic E-state index is 0.137. The largest absolute Gasteiger partial charge is 0.490 e. The van der Waals surface area contributed by atoms with Gasteiger partial charge in [0.15, 0.2) is 0 Å². The van der Waals surface area contributed by atoms with Crippen molar-refractivity contribution in [3.63, 3.8) is 0 Å². The molecule has 3 aromatic rings. The van der Waals surface area contributed by atoms with Gasteiger partial charge in [-0.1, -0.05) is 12.1 Å². The molecule has 5 rings (SSSR count). The highest BCUT2D eigenvalue weighted by molar-refractivity contribution is 5.94. The van der Waals surface area contributed by atoms with E-state index in [0.717, 1.165) is 86.6 Å². The first-order valence-corrected chi connectivity index (χ1v) is 11.0. The molecule has 0 radical (unpaired) electrons. The number of rotatable bonds is 5. The third-order valence-electron chi connectivity index (χ3n) is 6.14. The summed E-state index contributed by atoms with van der Waals surface area (Å²) in [5, 5.41) is 0. The third kappa shape index (κ3) is 4.19. The normalized spacial score (nSPS) is 18.2. The number of H-pyrrole nitrogens is 1. The number of nitrogens with one attached hydrogen (secondary N) is 1. The Labute approximate surface area is 176 Å². The molecule has 2 aromatic carbocycles. The maximum absolute atomic E-state index is 12.5. The quantitative estimate of drug-likeness (QED) is 0.702. The Bertz CT molecular complexity index is 966. The number of aromatic amines is 1. The number of ether oxygens (including phenoxy) is 1. The first-order valence-electron chi connectivity index (χ1n) is 11.0. The molecular weight excluding hydrogens is 376 g/mol. The summed E-state index contributed by atoms with van der Waals surface area (Å²) in [7, 11) is 0. The summed E-state index contributed by atoms with van der Waals surface area (Å²) >= 11 is 0. The van der Waals surface area contributed by atoms with Crippen molar-refractivity contribution in [3.8, 4) is 5.75 Å². The van der Waals surface area contributed by atoms with Crippen molar-refractivity contribution in [2.24, 2.45) is 0 Å². The molecule has 0 spiro atoms. The summed E-state index contributed by atoms with van der Waals surface area (Å²) in [5.74, 6) is 2.01. The maximum Gasteiger partial charge on any atom is 0.253 e. The fourth-order valence-corrected chi connectivity index (χ4v) is 4.45. The van der Waals surface area contributed by atoms with E-state index in [-0.39, 0.29) is 12.0 Å². The number of hydrogen-bond donors (Lipinski definition) is 1. The van der Waals surface area contributed by atoms with Crippen LogP contribution in [0.25, 0.3) is 11.0 Å². The molecule has 6 heteroatoms. The van der Waals surface area contributed by atoms with Gasteiger partial charge in [-0.05, 0) is 62.1 Å². The van der Waals surface area contributed by atoms with Crippen molar-refractivity contribution in [1.82, 2.24) is 19.8 Å². The lowest BCUT2D eigenvalue weighted by atomic mass is 10.1. The standard InChI is InChI=1S/C24H28N4O2/c29-24(28-13-3-4-14-28)18-7-9-19(10-8-18)30-20-11-15-27(16-12-20)17-23-25-21-5-1-2-6-22(21)26-23/h1-2,5-10,20H,3-4,11-17H2,(H,25,26). The van der Waals surface area contributed by atoms with Gasteiger partial charge in [-0.25, -0.2) is 4.98 Å². The molecule has 156 valence electrons. The van der Waals surface area contributed by atoms with Crippen LogP contribution in [0.3, 0.4) is 0 Å². The molecule has 2 aliphatic rings. The van der Waals surface area contributed by atoms with E-state index in [1.807, 2.05) is 47.4 Å². The number of carbonyl (C=O) groups is 1. The summed E-state index contributed by atoms with van der Waals surface area (Å²) in [4.78, 5) is 24.9. The predicted molar refractivity (Wildman–Crippen MR) is 117 cm³/mol. The summed E-state index contributed by atoms with van der Waals surface area (Å²) in [6.07, 6.45) is 4.44. The van der Waals surface area contributed by atoms with Crippen molar-refractivity contribution < 1.29 is 9.53 Å². The van der Waals surface area contributed by atoms with Crippen molar-refractivity contribution in [2.75, 3.05) is 26.2 Å². The highest BCUT2D eigenvalue weighted by Crippen LogP contribution is 2.22. The van der Waals surface area contributed by atoms with Crippen LogP contribution in [-0.2, 0) is 6.54 Å². The number of aromatic nitrogens is 2. The van der Waals surface area contributed by atoms with Gasteiger partial charge in [0.05, 0.1) is 17.6 Å². The minimum Gasteiger partial charge on any atom is -0.490 e. The molecule has 2 aliphatic heterocycles. The summed E-state index contributed by atoms with van der Waals surface area (Å²) in [6, 6.07) is 15.8. The third-order valence-corrected chi connectivity index (χ3v) is 6.14. The molecule has 2 saturated heterocycles. The second-order valence-corrected chi connectivity index (χ2v) is 8.32. The van der Waals surface area contributed by atoms with Crippen LogP contribution in [0.5, 0.6) is 5.75 Å². The number of nitrogens with zero attached hydrogens (tertiary/aromatic N) is 3. The number of para-hydroxylation sites is 2. The fraction of sp³-hybridized carbons (Fsp3) is 0.417. The number of amides is 1. The second-order valence-electron chi connectivity index (χ2n) is 8.32. The average Bonchev–Trinajstić information content (AvgIpc) is 3.45. The molecule has 0 atom stereocenters. The Morgan fingerprint density at radius 3 is 2.47 bits per heavy atom. The van der Waals surface area contributed by atoms with Crippen molar-refractivity contribution >= 4 is 16.9 Å². The van der Waals surface area contributed by atoms with E-state index < -0.39 is 0 Å². The highest BCUT2D eigenvalue weighted by atomic mass is 16.5. The van der Waals surface area contributed by atoms with Crippen LogP contribution in [0.4, 0.5) is 0 Å². The Hall–Kier alpha value is -2.86. The van der Waals surface area contributed by atoms with Crippen LogP contribution in [0.2, 0.25) is 0 Å². The molecule has 1 aromatic heterocycles. The van der Waals surface area contributed by atoms with E-state index in [1.54, 1.807) is 0 Å². The SMILES string of the molecule is O=C(c1ccc(OC2CCN(Cc3nc4ccccc4[nH]3)CC2)cc1)N1CCCC1. The van der Waals surface area contributed by atoms with Gasteiger partial charge < -0.3 is 14.6 Å². The maximum atomic E-state index is 12.5. The Balaban J connectivity index is 1.12. The number of carbonyl (C=O) groups excluding carboxylic acids is 1.